The molecule has 4 rings (SSSR count). The Kier molecular flexibility index (Phi) is 9.76. The van der Waals surface area contributed by atoms with Gasteiger partial charge in [0.2, 0.25) is 5.91 Å². The van der Waals surface area contributed by atoms with Crippen LogP contribution in [0.2, 0.25) is 0 Å². The molecule has 0 aliphatic heterocycles. The number of unbranched alkanes of at least 4 members (excludes halogenated alkanes) is 1. The van der Waals surface area contributed by atoms with Crippen LogP contribution < -0.4 is 21.1 Å². The van der Waals surface area contributed by atoms with Crippen LogP contribution in [0.1, 0.15) is 51.9 Å². The van der Waals surface area contributed by atoms with E-state index in [0.29, 0.717) is 35.9 Å². The predicted molar refractivity (Wildman–Crippen MR) is 156 cm³/mol. The number of imidazole rings is 1. The topological polar surface area (TPSA) is 157 Å². The van der Waals surface area contributed by atoms with Crippen molar-refractivity contribution in [3.63, 3.8) is 0 Å². The largest absolute Gasteiger partial charge is 0.459 e. The number of nitrogen functional groups attached to an aromatic ring is 1. The number of para-hydroxylation sites is 2. The number of pyridine rings is 1. The van der Waals surface area contributed by atoms with Crippen molar-refractivity contribution in [3.05, 3.63) is 60.4 Å². The number of nitrogens with zero attached hydrogens (tertiary/aromatic N) is 3. The molecule has 3 atom stereocenters. The summed E-state index contributed by atoms with van der Waals surface area (Å²) in [5.74, 6) is 0.617. The zero-order chi connectivity index (χ0) is 28.7. The first kappa shape index (κ1) is 29.5. The van der Waals surface area contributed by atoms with Crippen LogP contribution >= 0.6 is 7.75 Å². The van der Waals surface area contributed by atoms with Gasteiger partial charge in [-0.25, -0.2) is 14.5 Å². The van der Waals surface area contributed by atoms with Crippen molar-refractivity contribution < 1.29 is 23.1 Å². The number of amides is 1. The Hall–Kier alpha value is -3.50. The van der Waals surface area contributed by atoms with E-state index in [-0.39, 0.29) is 19.3 Å². The molecule has 0 radical (unpaired) electrons. The maximum absolute atomic E-state index is 14.0. The molecule has 214 valence electrons. The van der Waals surface area contributed by atoms with Crippen LogP contribution in [-0.4, -0.2) is 39.7 Å². The molecule has 2 aromatic carbocycles. The maximum Gasteiger partial charge on any atom is 0.459 e. The zero-order valence-electron chi connectivity index (χ0n) is 23.1. The fourth-order valence-corrected chi connectivity index (χ4v) is 6.03. The quantitative estimate of drug-likeness (QED) is 0.166. The Morgan fingerprint density at radius 1 is 1.10 bits per heavy atom. The van der Waals surface area contributed by atoms with E-state index in [9.17, 15) is 9.36 Å². The normalized spacial score (nSPS) is 14.7. The number of nitrogens with two attached hydrogens (primary N) is 2. The highest BCUT2D eigenvalue weighted by atomic mass is 31.2. The average molecular weight is 569 g/mol. The third-order valence-electron chi connectivity index (χ3n) is 6.50. The summed E-state index contributed by atoms with van der Waals surface area (Å²) < 4.78 is 33.7. The summed E-state index contributed by atoms with van der Waals surface area (Å²) in [4.78, 5) is 21.2. The first-order valence-corrected chi connectivity index (χ1v) is 15.0. The molecule has 2 aromatic heterocycles. The van der Waals surface area contributed by atoms with Gasteiger partial charge in [-0.15, -0.1) is 0 Å². The molecular formula is C28H37N6O5P. The lowest BCUT2D eigenvalue weighted by molar-refractivity contribution is -0.119. The number of carbonyl (C=O) groups excluding carboxylic acids is 1. The number of hydrogen-bond acceptors (Lipinski definition) is 8. The van der Waals surface area contributed by atoms with Crippen LogP contribution in [0.15, 0.2) is 54.6 Å². The first-order chi connectivity index (χ1) is 19.3. The second-order valence-corrected chi connectivity index (χ2v) is 11.2. The summed E-state index contributed by atoms with van der Waals surface area (Å²) >= 11 is 0. The van der Waals surface area contributed by atoms with Crippen molar-refractivity contribution in [2.24, 2.45) is 5.73 Å². The van der Waals surface area contributed by atoms with E-state index in [0.717, 1.165) is 29.3 Å². The monoisotopic (exact) mass is 568 g/mol. The number of nitrogens with one attached hydrogen (secondary N) is 1. The second-order valence-electron chi connectivity index (χ2n) is 9.49. The lowest BCUT2D eigenvalue weighted by Crippen LogP contribution is -2.38. The van der Waals surface area contributed by atoms with Crippen LogP contribution in [0.25, 0.3) is 21.9 Å². The van der Waals surface area contributed by atoms with Crippen LogP contribution in [0, 0.1) is 0 Å². The Morgan fingerprint density at radius 3 is 2.52 bits per heavy atom. The van der Waals surface area contributed by atoms with Crippen LogP contribution in [0.3, 0.4) is 0 Å². The van der Waals surface area contributed by atoms with E-state index in [1.165, 1.54) is 6.92 Å². The Balaban J connectivity index is 1.79. The molecule has 0 spiro atoms. The van der Waals surface area contributed by atoms with Gasteiger partial charge in [0.15, 0.2) is 5.82 Å². The fraction of sp³-hybridized carbons (Fsp3) is 0.393. The van der Waals surface area contributed by atoms with E-state index >= 15 is 0 Å². The van der Waals surface area contributed by atoms with Gasteiger partial charge < -0.3 is 25.3 Å². The van der Waals surface area contributed by atoms with E-state index in [2.05, 4.69) is 21.6 Å². The number of fused-ring (bicyclic) bond motifs is 3. The van der Waals surface area contributed by atoms with Gasteiger partial charge in [0.25, 0.3) is 0 Å². The Bertz CT molecular complexity index is 1500. The molecule has 0 saturated carbocycles. The summed E-state index contributed by atoms with van der Waals surface area (Å²) in [6, 6.07) is 15.1. The van der Waals surface area contributed by atoms with E-state index in [1.807, 2.05) is 37.3 Å². The average Bonchev–Trinajstić information content (AvgIpc) is 3.32. The third kappa shape index (κ3) is 6.79. The standard InChI is InChI=1S/C28H37N6O5P/c1-4-6-12-20(17-38-40(36,33-19(3)28(30)35)39-21-13-8-7-9-14-21)34-24(18-37-5-2)32-25-26(34)22-15-10-11-16-23(22)31-27(25)29/h7-11,13-16,19-20H,4-6,12,17-18H2,1-3H3,(H2,29,31)(H2,30,35)(H,33,36)/t19-,20-,40-/m0/s1. The summed E-state index contributed by atoms with van der Waals surface area (Å²) in [6.07, 6.45) is 2.49. The van der Waals surface area contributed by atoms with Gasteiger partial charge in [0, 0.05) is 12.0 Å². The molecule has 4 aromatic rings. The molecule has 5 N–H and O–H groups in total. The summed E-state index contributed by atoms with van der Waals surface area (Å²) in [7, 11) is -4.05. The van der Waals surface area contributed by atoms with Crippen LogP contribution in [0.4, 0.5) is 5.82 Å². The smallest absolute Gasteiger partial charge is 0.413 e. The van der Waals surface area contributed by atoms with Crippen LogP contribution in [0.5, 0.6) is 5.75 Å². The van der Waals surface area contributed by atoms with Crippen LogP contribution in [-0.2, 0) is 25.2 Å². The molecule has 0 aliphatic carbocycles. The van der Waals surface area contributed by atoms with Crippen molar-refractivity contribution in [1.29, 1.82) is 0 Å². The van der Waals surface area contributed by atoms with Crippen molar-refractivity contribution in [1.82, 2.24) is 19.6 Å². The van der Waals surface area contributed by atoms with Gasteiger partial charge in [-0.05, 0) is 38.5 Å². The second kappa shape index (κ2) is 13.2. The molecule has 0 aliphatic rings. The third-order valence-corrected chi connectivity index (χ3v) is 8.15. The minimum Gasteiger partial charge on any atom is -0.413 e. The first-order valence-electron chi connectivity index (χ1n) is 13.4. The summed E-state index contributed by atoms with van der Waals surface area (Å²) in [5.41, 5.74) is 13.9. The zero-order valence-corrected chi connectivity index (χ0v) is 24.0. The number of carbonyl (C=O) groups is 1. The number of rotatable bonds is 15. The van der Waals surface area contributed by atoms with Gasteiger partial charge in [0.1, 0.15) is 23.7 Å². The van der Waals surface area contributed by atoms with Crippen molar-refractivity contribution in [3.8, 4) is 5.75 Å². The number of primary amides is 1. The van der Waals surface area contributed by atoms with Gasteiger partial charge in [-0.3, -0.25) is 9.32 Å². The van der Waals surface area contributed by atoms with E-state index in [4.69, 9.17) is 30.2 Å². The molecule has 0 unspecified atom stereocenters. The number of ether oxygens (including phenoxy) is 1. The van der Waals surface area contributed by atoms with Gasteiger partial charge >= 0.3 is 7.75 Å². The molecule has 11 nitrogen and oxygen atoms in total. The highest BCUT2D eigenvalue weighted by molar-refractivity contribution is 7.52. The minimum absolute atomic E-state index is 0.0102. The van der Waals surface area contributed by atoms with Gasteiger partial charge in [-0.1, -0.05) is 56.2 Å². The molecule has 2 heterocycles. The number of hydrogen-bond donors (Lipinski definition) is 3. The number of anilines is 1. The van der Waals surface area contributed by atoms with Gasteiger partial charge in [0.05, 0.1) is 29.7 Å². The van der Waals surface area contributed by atoms with Gasteiger partial charge in [-0.2, -0.15) is 5.09 Å². The Morgan fingerprint density at radius 2 is 1.82 bits per heavy atom. The highest BCUT2D eigenvalue weighted by Gasteiger charge is 2.33. The van der Waals surface area contributed by atoms with E-state index in [1.54, 1.807) is 24.3 Å². The van der Waals surface area contributed by atoms with Crippen molar-refractivity contribution in [2.75, 3.05) is 18.9 Å². The molecule has 0 saturated heterocycles. The maximum atomic E-state index is 14.0. The lowest BCUT2D eigenvalue weighted by Gasteiger charge is -2.27. The highest BCUT2D eigenvalue weighted by Crippen LogP contribution is 2.46. The van der Waals surface area contributed by atoms with E-state index < -0.39 is 19.7 Å². The molecule has 0 fully saturated rings. The number of benzene rings is 2. The SMILES string of the molecule is CCCC[C@@H](CO[P@@](=O)(N[C@@H](C)C(N)=O)Oc1ccccc1)n1c(COCC)nc2c(N)nc3ccccc3c21. The molecule has 12 heteroatoms. The minimum atomic E-state index is -4.05. The molecule has 0 bridgehead atoms. The molecular weight excluding hydrogens is 531 g/mol. The van der Waals surface area contributed by atoms with Crippen molar-refractivity contribution >= 4 is 41.4 Å². The summed E-state index contributed by atoms with van der Waals surface area (Å²) in [5, 5.41) is 3.56. The fourth-order valence-electron chi connectivity index (χ4n) is 4.48. The lowest BCUT2D eigenvalue weighted by atomic mass is 10.1. The summed E-state index contributed by atoms with van der Waals surface area (Å²) in [6.45, 7) is 6.26. The predicted octanol–water partition coefficient (Wildman–Crippen LogP) is 5.10. The number of aromatic nitrogens is 3. The van der Waals surface area contributed by atoms with Crippen molar-refractivity contribution in [2.45, 2.75) is 58.7 Å². The Labute approximate surface area is 233 Å². The molecule has 1 amide bonds. The molecule has 40 heavy (non-hydrogen) atoms.